The maximum atomic E-state index is 13.5. The molecule has 1 aromatic heterocycles. The summed E-state index contributed by atoms with van der Waals surface area (Å²) in [5.74, 6) is 0.482. The summed E-state index contributed by atoms with van der Waals surface area (Å²) in [5, 5.41) is 15.7. The molecule has 0 atom stereocenters. The summed E-state index contributed by atoms with van der Waals surface area (Å²) < 4.78 is 28.5. The van der Waals surface area contributed by atoms with Crippen LogP contribution in [0.5, 0.6) is 0 Å². The Kier molecular flexibility index (Phi) is 7.50. The van der Waals surface area contributed by atoms with Crippen LogP contribution in [-0.2, 0) is 10.0 Å². The number of benzene rings is 1. The van der Waals surface area contributed by atoms with Crippen LogP contribution in [0.1, 0.15) is 76.4 Å². The molecular formula is C27H40N6O4S. The molecule has 2 aromatic rings. The van der Waals surface area contributed by atoms with Crippen LogP contribution in [0.3, 0.4) is 0 Å². The van der Waals surface area contributed by atoms with Gasteiger partial charge in [0, 0.05) is 24.3 Å². The number of amides is 1. The first-order valence-corrected chi connectivity index (χ1v) is 14.6. The first kappa shape index (κ1) is 28.3. The molecule has 4 rings (SSSR count). The lowest BCUT2D eigenvalue weighted by Gasteiger charge is -2.34. The molecule has 1 aromatic carbocycles. The van der Waals surface area contributed by atoms with E-state index in [1.807, 2.05) is 13.8 Å². The van der Waals surface area contributed by atoms with Gasteiger partial charge >= 0.3 is 0 Å². The molecule has 2 aliphatic rings. The second-order valence-corrected chi connectivity index (χ2v) is 14.1. The van der Waals surface area contributed by atoms with Crippen molar-refractivity contribution < 1.29 is 18.3 Å². The minimum atomic E-state index is -3.79. The molecule has 10 nitrogen and oxygen atoms in total. The van der Waals surface area contributed by atoms with E-state index in [0.717, 1.165) is 25.9 Å². The number of sulfonamides is 1. The minimum Gasteiger partial charge on any atom is -0.394 e. The van der Waals surface area contributed by atoms with Crippen LogP contribution >= 0.6 is 0 Å². The average Bonchev–Trinajstić information content (AvgIpc) is 3.56. The van der Waals surface area contributed by atoms with Gasteiger partial charge in [0.05, 0.1) is 23.2 Å². The van der Waals surface area contributed by atoms with Crippen molar-refractivity contribution >= 4 is 33.3 Å². The molecule has 1 saturated heterocycles. The molecule has 4 N–H and O–H groups in total. The zero-order valence-electron chi connectivity index (χ0n) is 23.2. The molecule has 1 aliphatic heterocycles. The van der Waals surface area contributed by atoms with E-state index in [0.29, 0.717) is 28.3 Å². The SMILES string of the molecule is Cc1cc(NC(=O)c2ncc(NC(C)(C)CO)nc2N2CCC3(CC2)CC3)cc(S(=O)(=O)NC(C)(C)C)c1. The fraction of sp³-hybridized carbons (Fsp3) is 0.593. The zero-order valence-corrected chi connectivity index (χ0v) is 24.0. The third-order valence-corrected chi connectivity index (χ3v) is 8.71. The summed E-state index contributed by atoms with van der Waals surface area (Å²) in [5.41, 5.74) is 0.412. The molecule has 1 aliphatic carbocycles. The number of piperidine rings is 1. The third kappa shape index (κ3) is 6.81. The number of nitrogens with zero attached hydrogens (tertiary/aromatic N) is 3. The number of aryl methyl sites for hydroxylation is 1. The van der Waals surface area contributed by atoms with E-state index in [1.54, 1.807) is 39.8 Å². The molecule has 38 heavy (non-hydrogen) atoms. The molecule has 11 heteroatoms. The van der Waals surface area contributed by atoms with Crippen molar-refractivity contribution in [2.24, 2.45) is 5.41 Å². The van der Waals surface area contributed by atoms with Gasteiger partial charge in [0.1, 0.15) is 5.82 Å². The van der Waals surface area contributed by atoms with Crippen LogP contribution in [0.4, 0.5) is 17.3 Å². The normalized spacial score (nSPS) is 17.4. The average molecular weight is 545 g/mol. The van der Waals surface area contributed by atoms with Gasteiger partial charge in [-0.25, -0.2) is 23.1 Å². The van der Waals surface area contributed by atoms with Gasteiger partial charge in [0.15, 0.2) is 11.5 Å². The molecule has 2 fully saturated rings. The van der Waals surface area contributed by atoms with Crippen LogP contribution in [0.15, 0.2) is 29.3 Å². The molecule has 0 radical (unpaired) electrons. The first-order valence-electron chi connectivity index (χ1n) is 13.1. The molecule has 208 valence electrons. The highest BCUT2D eigenvalue weighted by Gasteiger charge is 2.45. The highest BCUT2D eigenvalue weighted by Crippen LogP contribution is 2.54. The third-order valence-electron chi connectivity index (χ3n) is 6.97. The van der Waals surface area contributed by atoms with Crippen molar-refractivity contribution in [3.05, 3.63) is 35.7 Å². The van der Waals surface area contributed by atoms with E-state index >= 15 is 0 Å². The number of aromatic nitrogens is 2. The minimum absolute atomic E-state index is 0.0746. The van der Waals surface area contributed by atoms with E-state index in [9.17, 15) is 18.3 Å². The standard InChI is InChI=1S/C27H40N6O4S/c1-18-13-19(15-20(14-18)38(36,37)32-25(2,3)4)29-24(35)22-23(33-11-9-27(7-8-27)10-12-33)30-21(16-28-22)31-26(5,6)17-34/h13-16,32,34H,7-12,17H2,1-6H3,(H,29,35)(H,30,31). The summed E-state index contributed by atoms with van der Waals surface area (Å²) in [6.07, 6.45) is 6.11. The van der Waals surface area contributed by atoms with Gasteiger partial charge in [-0.1, -0.05) is 0 Å². The number of anilines is 3. The number of aliphatic hydroxyl groups is 1. The lowest BCUT2D eigenvalue weighted by molar-refractivity contribution is 0.102. The predicted octanol–water partition coefficient (Wildman–Crippen LogP) is 3.68. The number of hydrogen-bond acceptors (Lipinski definition) is 8. The quantitative estimate of drug-likeness (QED) is 0.395. The highest BCUT2D eigenvalue weighted by atomic mass is 32.2. The summed E-state index contributed by atoms with van der Waals surface area (Å²) >= 11 is 0. The summed E-state index contributed by atoms with van der Waals surface area (Å²) in [6.45, 7) is 12.3. The Labute approximate surface area is 225 Å². The van der Waals surface area contributed by atoms with Crippen LogP contribution in [0, 0.1) is 12.3 Å². The van der Waals surface area contributed by atoms with Gasteiger partial charge in [-0.3, -0.25) is 4.79 Å². The smallest absolute Gasteiger partial charge is 0.278 e. The largest absolute Gasteiger partial charge is 0.394 e. The zero-order chi connectivity index (χ0) is 27.9. The summed E-state index contributed by atoms with van der Waals surface area (Å²) in [4.78, 5) is 24.9. The molecule has 0 unspecified atom stereocenters. The highest BCUT2D eigenvalue weighted by molar-refractivity contribution is 7.89. The first-order chi connectivity index (χ1) is 17.6. The molecule has 1 amide bonds. The van der Waals surface area contributed by atoms with Crippen molar-refractivity contribution in [3.63, 3.8) is 0 Å². The Bertz CT molecular complexity index is 1310. The number of nitrogens with one attached hydrogen (secondary N) is 3. The van der Waals surface area contributed by atoms with Crippen LogP contribution in [0.2, 0.25) is 0 Å². The summed E-state index contributed by atoms with van der Waals surface area (Å²) in [6, 6.07) is 4.74. The monoisotopic (exact) mass is 544 g/mol. The number of carbonyl (C=O) groups is 1. The van der Waals surface area contributed by atoms with Crippen molar-refractivity contribution in [1.29, 1.82) is 0 Å². The molecule has 0 bridgehead atoms. The molecule has 1 spiro atoms. The van der Waals surface area contributed by atoms with Crippen molar-refractivity contribution in [1.82, 2.24) is 14.7 Å². The number of aliphatic hydroxyl groups excluding tert-OH is 1. The molecule has 1 saturated carbocycles. The Balaban J connectivity index is 1.63. The maximum Gasteiger partial charge on any atom is 0.278 e. The topological polar surface area (TPSA) is 137 Å². The van der Waals surface area contributed by atoms with Gasteiger partial charge in [-0.05, 0) is 96.4 Å². The van der Waals surface area contributed by atoms with Crippen LogP contribution < -0.4 is 20.3 Å². The number of hydrogen-bond donors (Lipinski definition) is 4. The maximum absolute atomic E-state index is 13.5. The van der Waals surface area contributed by atoms with Gasteiger partial charge in [-0.15, -0.1) is 0 Å². The van der Waals surface area contributed by atoms with Gasteiger partial charge in [-0.2, -0.15) is 0 Å². The lowest BCUT2D eigenvalue weighted by atomic mass is 9.93. The Hall–Kier alpha value is -2.76. The van der Waals surface area contributed by atoms with Crippen LogP contribution in [0.25, 0.3) is 0 Å². The summed E-state index contributed by atoms with van der Waals surface area (Å²) in [7, 11) is -3.79. The molecule has 2 heterocycles. The second kappa shape index (κ2) is 10.1. The predicted molar refractivity (Wildman–Crippen MR) is 149 cm³/mol. The Morgan fingerprint density at radius 2 is 1.74 bits per heavy atom. The lowest BCUT2D eigenvalue weighted by Crippen LogP contribution is -2.40. The van der Waals surface area contributed by atoms with E-state index in [4.69, 9.17) is 4.98 Å². The number of carbonyl (C=O) groups excluding carboxylic acids is 1. The van der Waals surface area contributed by atoms with Crippen molar-refractivity contribution in [3.8, 4) is 0 Å². The Morgan fingerprint density at radius 3 is 2.32 bits per heavy atom. The number of rotatable bonds is 8. The van der Waals surface area contributed by atoms with E-state index in [2.05, 4.69) is 25.2 Å². The van der Waals surface area contributed by atoms with Gasteiger partial charge in [0.2, 0.25) is 10.0 Å². The van der Waals surface area contributed by atoms with Crippen molar-refractivity contribution in [2.75, 3.05) is 35.2 Å². The van der Waals surface area contributed by atoms with Gasteiger partial charge < -0.3 is 20.6 Å². The van der Waals surface area contributed by atoms with Crippen molar-refractivity contribution in [2.45, 2.75) is 83.2 Å². The fourth-order valence-electron chi connectivity index (χ4n) is 4.70. The molecular weight excluding hydrogens is 504 g/mol. The van der Waals surface area contributed by atoms with Crippen LogP contribution in [-0.4, -0.2) is 60.2 Å². The van der Waals surface area contributed by atoms with E-state index in [1.165, 1.54) is 25.1 Å². The van der Waals surface area contributed by atoms with Gasteiger partial charge in [0.25, 0.3) is 5.91 Å². The van der Waals surface area contributed by atoms with E-state index in [-0.39, 0.29) is 17.2 Å². The Morgan fingerprint density at radius 1 is 1.08 bits per heavy atom. The fourth-order valence-corrected chi connectivity index (χ4v) is 6.25. The van der Waals surface area contributed by atoms with E-state index < -0.39 is 27.0 Å². The second-order valence-electron chi connectivity index (χ2n) is 12.4.